The van der Waals surface area contributed by atoms with Crippen LogP contribution >= 0.6 is 23.2 Å². The molecular formula is C19H22Cl2N2O4S. The van der Waals surface area contributed by atoms with Crippen LogP contribution < -0.4 is 4.72 Å². The van der Waals surface area contributed by atoms with Gasteiger partial charge in [0.05, 0.1) is 17.5 Å². The minimum absolute atomic E-state index is 0.0802. The van der Waals surface area contributed by atoms with E-state index in [0.29, 0.717) is 15.6 Å². The van der Waals surface area contributed by atoms with Crippen molar-refractivity contribution in [2.45, 2.75) is 17.9 Å². The molecule has 28 heavy (non-hydrogen) atoms. The van der Waals surface area contributed by atoms with Gasteiger partial charge < -0.3 is 9.64 Å². The summed E-state index contributed by atoms with van der Waals surface area (Å²) < 4.78 is 31.6. The second kappa shape index (κ2) is 9.71. The van der Waals surface area contributed by atoms with Gasteiger partial charge in [0.25, 0.3) is 5.91 Å². The molecule has 2 aromatic carbocycles. The Balaban J connectivity index is 2.15. The Kier molecular flexibility index (Phi) is 7.86. The van der Waals surface area contributed by atoms with Gasteiger partial charge in [-0.05, 0) is 48.9 Å². The first-order chi connectivity index (χ1) is 13.2. The van der Waals surface area contributed by atoms with Gasteiger partial charge in [-0.25, -0.2) is 13.1 Å². The number of methoxy groups -OCH3 is 1. The predicted octanol–water partition coefficient (Wildman–Crippen LogP) is 3.75. The highest BCUT2D eigenvalue weighted by molar-refractivity contribution is 7.89. The summed E-state index contributed by atoms with van der Waals surface area (Å²) >= 11 is 12.2. The fraction of sp³-hybridized carbons (Fsp3) is 0.316. The standard InChI is InChI=1S/C19H22Cl2N2O4S/c1-13(17-9-6-15(20)12-18(17)21)23(2)19(24)14-4-7-16(8-5-14)28(25,26)22-10-11-27-3/h4-9,12-13,22H,10-11H2,1-3H3. The molecule has 2 rings (SSSR count). The summed E-state index contributed by atoms with van der Waals surface area (Å²) in [7, 11) is -0.498. The number of rotatable bonds is 8. The zero-order valence-corrected chi connectivity index (χ0v) is 18.1. The van der Waals surface area contributed by atoms with Crippen molar-refractivity contribution in [3.8, 4) is 0 Å². The van der Waals surface area contributed by atoms with Crippen molar-refractivity contribution in [2.24, 2.45) is 0 Å². The molecule has 0 heterocycles. The Morgan fingerprint density at radius 2 is 1.82 bits per heavy atom. The van der Waals surface area contributed by atoms with Crippen molar-refractivity contribution < 1.29 is 17.9 Å². The zero-order valence-electron chi connectivity index (χ0n) is 15.8. The molecule has 0 spiro atoms. The average Bonchev–Trinajstić information content (AvgIpc) is 2.66. The van der Waals surface area contributed by atoms with Crippen LogP contribution in [0.3, 0.4) is 0 Å². The quantitative estimate of drug-likeness (QED) is 0.628. The van der Waals surface area contributed by atoms with Crippen molar-refractivity contribution in [3.05, 3.63) is 63.6 Å². The van der Waals surface area contributed by atoms with Gasteiger partial charge in [-0.15, -0.1) is 0 Å². The molecule has 0 aromatic heterocycles. The Hall–Kier alpha value is -1.64. The summed E-state index contributed by atoms with van der Waals surface area (Å²) in [4.78, 5) is 14.4. The van der Waals surface area contributed by atoms with E-state index in [1.54, 1.807) is 25.2 Å². The average molecular weight is 445 g/mol. The molecular weight excluding hydrogens is 423 g/mol. The molecule has 0 aliphatic rings. The van der Waals surface area contributed by atoms with E-state index >= 15 is 0 Å². The Bertz CT molecular complexity index is 933. The molecule has 1 atom stereocenters. The number of halogens is 2. The van der Waals surface area contributed by atoms with Gasteiger partial charge in [0.1, 0.15) is 0 Å². The molecule has 0 aliphatic heterocycles. The molecule has 0 saturated heterocycles. The first kappa shape index (κ1) is 22.6. The lowest BCUT2D eigenvalue weighted by atomic mass is 10.1. The zero-order chi connectivity index (χ0) is 20.9. The molecule has 1 N–H and O–H groups in total. The molecule has 0 radical (unpaired) electrons. The highest BCUT2D eigenvalue weighted by Crippen LogP contribution is 2.29. The fourth-order valence-corrected chi connectivity index (χ4v) is 4.15. The number of carbonyl (C=O) groups is 1. The van der Waals surface area contributed by atoms with Crippen LogP contribution in [0, 0.1) is 0 Å². The second-order valence-electron chi connectivity index (χ2n) is 6.17. The van der Waals surface area contributed by atoms with Gasteiger partial charge in [-0.3, -0.25) is 4.79 Å². The summed E-state index contributed by atoms with van der Waals surface area (Å²) in [5, 5.41) is 0.995. The fourth-order valence-electron chi connectivity index (χ4n) is 2.57. The molecule has 152 valence electrons. The van der Waals surface area contributed by atoms with Crippen molar-refractivity contribution in [1.82, 2.24) is 9.62 Å². The Morgan fingerprint density at radius 3 is 2.39 bits per heavy atom. The van der Waals surface area contributed by atoms with Gasteiger partial charge in [0, 0.05) is 36.3 Å². The second-order valence-corrected chi connectivity index (χ2v) is 8.78. The van der Waals surface area contributed by atoms with E-state index in [1.807, 2.05) is 6.92 Å². The van der Waals surface area contributed by atoms with Crippen molar-refractivity contribution in [2.75, 3.05) is 27.3 Å². The van der Waals surface area contributed by atoms with Crippen LogP contribution in [0.4, 0.5) is 0 Å². The number of nitrogens with zero attached hydrogens (tertiary/aromatic N) is 1. The van der Waals surface area contributed by atoms with E-state index in [1.165, 1.54) is 36.3 Å². The van der Waals surface area contributed by atoms with Crippen LogP contribution in [-0.4, -0.2) is 46.5 Å². The van der Waals surface area contributed by atoms with Gasteiger partial charge >= 0.3 is 0 Å². The SMILES string of the molecule is COCCNS(=O)(=O)c1ccc(C(=O)N(C)C(C)c2ccc(Cl)cc2Cl)cc1. The number of sulfonamides is 1. The van der Waals surface area contributed by atoms with Crippen LogP contribution in [0.25, 0.3) is 0 Å². The molecule has 9 heteroatoms. The number of carbonyl (C=O) groups excluding carboxylic acids is 1. The Labute approximate surface area is 175 Å². The number of hydrogen-bond donors (Lipinski definition) is 1. The Morgan fingerprint density at radius 1 is 1.18 bits per heavy atom. The number of nitrogens with one attached hydrogen (secondary N) is 1. The lowest BCUT2D eigenvalue weighted by Crippen LogP contribution is -2.30. The van der Waals surface area contributed by atoms with Crippen molar-refractivity contribution in [3.63, 3.8) is 0 Å². The van der Waals surface area contributed by atoms with Gasteiger partial charge in [-0.1, -0.05) is 29.3 Å². The number of amides is 1. The highest BCUT2D eigenvalue weighted by atomic mass is 35.5. The van der Waals surface area contributed by atoms with Crippen molar-refractivity contribution >= 4 is 39.1 Å². The minimum Gasteiger partial charge on any atom is -0.383 e. The summed E-state index contributed by atoms with van der Waals surface area (Å²) in [5.41, 5.74) is 1.14. The van der Waals surface area contributed by atoms with E-state index in [-0.39, 0.29) is 30.0 Å². The van der Waals surface area contributed by atoms with Crippen LogP contribution in [0.2, 0.25) is 10.0 Å². The highest BCUT2D eigenvalue weighted by Gasteiger charge is 2.22. The first-order valence-electron chi connectivity index (χ1n) is 8.48. The molecule has 0 fully saturated rings. The maximum atomic E-state index is 12.8. The maximum absolute atomic E-state index is 12.8. The number of hydrogen-bond acceptors (Lipinski definition) is 4. The lowest BCUT2D eigenvalue weighted by molar-refractivity contribution is 0.0742. The van der Waals surface area contributed by atoms with E-state index in [4.69, 9.17) is 27.9 Å². The van der Waals surface area contributed by atoms with E-state index in [0.717, 1.165) is 5.56 Å². The van der Waals surface area contributed by atoms with E-state index < -0.39 is 10.0 Å². The third-order valence-electron chi connectivity index (χ3n) is 4.32. The van der Waals surface area contributed by atoms with E-state index in [9.17, 15) is 13.2 Å². The topological polar surface area (TPSA) is 75.7 Å². The molecule has 0 aliphatic carbocycles. The molecule has 0 saturated carbocycles. The lowest BCUT2D eigenvalue weighted by Gasteiger charge is -2.26. The molecule has 2 aromatic rings. The molecule has 1 unspecified atom stereocenters. The predicted molar refractivity (Wildman–Crippen MR) is 110 cm³/mol. The molecule has 6 nitrogen and oxygen atoms in total. The summed E-state index contributed by atoms with van der Waals surface area (Å²) in [6, 6.07) is 10.6. The monoisotopic (exact) mass is 444 g/mol. The normalized spacial score (nSPS) is 12.6. The van der Waals surface area contributed by atoms with Gasteiger partial charge in [0.15, 0.2) is 0 Å². The molecule has 1 amide bonds. The van der Waals surface area contributed by atoms with Crippen LogP contribution in [-0.2, 0) is 14.8 Å². The summed E-state index contributed by atoms with van der Waals surface area (Å²) in [6.45, 7) is 2.29. The molecule has 0 bridgehead atoms. The maximum Gasteiger partial charge on any atom is 0.254 e. The number of benzene rings is 2. The number of ether oxygens (including phenoxy) is 1. The van der Waals surface area contributed by atoms with Crippen LogP contribution in [0.5, 0.6) is 0 Å². The smallest absolute Gasteiger partial charge is 0.254 e. The van der Waals surface area contributed by atoms with Gasteiger partial charge in [0.2, 0.25) is 10.0 Å². The van der Waals surface area contributed by atoms with Crippen LogP contribution in [0.15, 0.2) is 47.4 Å². The van der Waals surface area contributed by atoms with Crippen LogP contribution in [0.1, 0.15) is 28.9 Å². The first-order valence-corrected chi connectivity index (χ1v) is 10.7. The summed E-state index contributed by atoms with van der Waals surface area (Å²) in [5.74, 6) is -0.255. The van der Waals surface area contributed by atoms with Crippen molar-refractivity contribution in [1.29, 1.82) is 0 Å². The summed E-state index contributed by atoms with van der Waals surface area (Å²) in [6.07, 6.45) is 0. The van der Waals surface area contributed by atoms with E-state index in [2.05, 4.69) is 4.72 Å². The largest absolute Gasteiger partial charge is 0.383 e. The third-order valence-corrected chi connectivity index (χ3v) is 6.36. The van der Waals surface area contributed by atoms with Gasteiger partial charge in [-0.2, -0.15) is 0 Å². The minimum atomic E-state index is -3.65. The third kappa shape index (κ3) is 5.46.